The van der Waals surface area contributed by atoms with Crippen LogP contribution in [0.2, 0.25) is 0 Å². The maximum atomic E-state index is 13.6. The summed E-state index contributed by atoms with van der Waals surface area (Å²) in [7, 11) is 1.63. The number of amides is 1. The Bertz CT molecular complexity index is 1430. The lowest BCUT2D eigenvalue weighted by molar-refractivity contribution is -0.122. The van der Waals surface area contributed by atoms with Crippen LogP contribution >= 0.6 is 24.0 Å². The van der Waals surface area contributed by atoms with Crippen molar-refractivity contribution >= 4 is 51.7 Å². The highest BCUT2D eigenvalue weighted by molar-refractivity contribution is 8.26. The fraction of sp³-hybridized carbons (Fsp3) is 0.333. The number of morpholine rings is 1. The zero-order valence-electron chi connectivity index (χ0n) is 20.9. The second-order valence-corrected chi connectivity index (χ2v) is 10.9. The Labute approximate surface area is 224 Å². The first kappa shape index (κ1) is 25.4. The summed E-state index contributed by atoms with van der Waals surface area (Å²) >= 11 is 6.76. The Morgan fingerprint density at radius 3 is 2.57 bits per heavy atom. The minimum absolute atomic E-state index is 0.0104. The molecule has 3 aromatic rings. The molecule has 2 aromatic heterocycles. The normalized spacial score (nSPS) is 21.3. The van der Waals surface area contributed by atoms with Crippen LogP contribution in [0.5, 0.6) is 5.75 Å². The summed E-state index contributed by atoms with van der Waals surface area (Å²) in [6, 6.07) is 13.2. The number of benzene rings is 1. The van der Waals surface area contributed by atoms with Crippen LogP contribution < -0.4 is 15.2 Å². The number of carbonyl (C=O) groups excluding carboxylic acids is 1. The van der Waals surface area contributed by atoms with Gasteiger partial charge in [-0.15, -0.1) is 0 Å². The van der Waals surface area contributed by atoms with E-state index < -0.39 is 0 Å². The van der Waals surface area contributed by atoms with Crippen LogP contribution in [0.1, 0.15) is 25.0 Å². The molecule has 192 valence electrons. The number of aromatic nitrogens is 2. The number of rotatable bonds is 6. The molecular formula is C27H28N4O4S2. The van der Waals surface area contributed by atoms with Crippen molar-refractivity contribution in [3.8, 4) is 5.75 Å². The molecule has 2 unspecified atom stereocenters. The molecule has 0 N–H and O–H groups in total. The van der Waals surface area contributed by atoms with Crippen LogP contribution in [0.25, 0.3) is 11.7 Å². The number of thiocarbonyl (C=S) groups is 1. The molecule has 0 aliphatic carbocycles. The number of methoxy groups -OCH3 is 1. The molecule has 2 aliphatic heterocycles. The van der Waals surface area contributed by atoms with Crippen molar-refractivity contribution in [2.75, 3.05) is 31.6 Å². The molecule has 1 aromatic carbocycles. The summed E-state index contributed by atoms with van der Waals surface area (Å²) in [5.74, 6) is 1.14. The monoisotopic (exact) mass is 536 g/mol. The van der Waals surface area contributed by atoms with E-state index in [0.29, 0.717) is 52.3 Å². The number of fused-ring (bicyclic) bond motifs is 1. The van der Waals surface area contributed by atoms with Crippen molar-refractivity contribution in [1.82, 2.24) is 14.3 Å². The topological polar surface area (TPSA) is 76.4 Å². The lowest BCUT2D eigenvalue weighted by Crippen LogP contribution is -2.46. The van der Waals surface area contributed by atoms with Gasteiger partial charge in [0.2, 0.25) is 0 Å². The van der Waals surface area contributed by atoms with E-state index in [9.17, 15) is 9.59 Å². The third kappa shape index (κ3) is 5.27. The summed E-state index contributed by atoms with van der Waals surface area (Å²) in [6.45, 7) is 5.66. The summed E-state index contributed by atoms with van der Waals surface area (Å²) in [5, 5.41) is 0. The molecule has 2 atom stereocenters. The molecule has 1 amide bonds. The number of pyridine rings is 1. The van der Waals surface area contributed by atoms with E-state index in [1.807, 2.05) is 44.2 Å². The first-order valence-electron chi connectivity index (χ1n) is 12.1. The molecule has 5 rings (SSSR count). The smallest absolute Gasteiger partial charge is 0.267 e. The van der Waals surface area contributed by atoms with Crippen LogP contribution in [0.3, 0.4) is 0 Å². The second kappa shape index (κ2) is 10.6. The molecule has 2 fully saturated rings. The van der Waals surface area contributed by atoms with Crippen molar-refractivity contribution in [3.05, 3.63) is 75.0 Å². The molecule has 2 aliphatic rings. The fourth-order valence-electron chi connectivity index (χ4n) is 4.67. The van der Waals surface area contributed by atoms with Crippen LogP contribution in [0.4, 0.5) is 5.82 Å². The highest BCUT2D eigenvalue weighted by atomic mass is 32.2. The van der Waals surface area contributed by atoms with Crippen molar-refractivity contribution in [2.45, 2.75) is 32.5 Å². The first-order chi connectivity index (χ1) is 17.8. The Hall–Kier alpha value is -3.21. The molecule has 37 heavy (non-hydrogen) atoms. The fourth-order valence-corrected chi connectivity index (χ4v) is 5.96. The average Bonchev–Trinajstić information content (AvgIpc) is 3.15. The van der Waals surface area contributed by atoms with Gasteiger partial charge in [-0.3, -0.25) is 18.9 Å². The zero-order chi connectivity index (χ0) is 26.1. The van der Waals surface area contributed by atoms with E-state index in [4.69, 9.17) is 26.7 Å². The maximum absolute atomic E-state index is 13.6. The lowest BCUT2D eigenvalue weighted by atomic mass is 10.1. The SMILES string of the molecule is COc1ccc(CCN2C(=O)/C(=C\c3c(N4CC(C)OC(C)C4)nc4ccccn4c3=O)SC2=S)cc1. The van der Waals surface area contributed by atoms with Gasteiger partial charge in [0.25, 0.3) is 11.5 Å². The summed E-state index contributed by atoms with van der Waals surface area (Å²) in [5.41, 5.74) is 1.78. The maximum Gasteiger partial charge on any atom is 0.267 e. The molecular weight excluding hydrogens is 508 g/mol. The van der Waals surface area contributed by atoms with Crippen molar-refractivity contribution < 1.29 is 14.3 Å². The number of carbonyl (C=O) groups is 1. The highest BCUT2D eigenvalue weighted by Crippen LogP contribution is 2.34. The van der Waals surface area contributed by atoms with E-state index in [-0.39, 0.29) is 23.7 Å². The Kier molecular flexibility index (Phi) is 7.32. The Balaban J connectivity index is 1.47. The van der Waals surface area contributed by atoms with E-state index in [1.54, 1.807) is 36.4 Å². The molecule has 0 spiro atoms. The standard InChI is InChI=1S/C27H28N4O4S2/c1-17-15-29(16-18(2)35-17)24-21(25(32)30-12-5-4-6-23(30)28-24)14-22-26(33)31(27(36)37-22)13-11-19-7-9-20(34-3)10-8-19/h4-10,12,14,17-18H,11,13,15-16H2,1-3H3/b22-14+. The van der Waals surface area contributed by atoms with Crippen LogP contribution in [0, 0.1) is 0 Å². The van der Waals surface area contributed by atoms with E-state index in [2.05, 4.69) is 4.90 Å². The van der Waals surface area contributed by atoms with Crippen LogP contribution in [-0.2, 0) is 16.0 Å². The molecule has 4 heterocycles. The average molecular weight is 537 g/mol. The predicted octanol–water partition coefficient (Wildman–Crippen LogP) is 3.76. The lowest BCUT2D eigenvalue weighted by Gasteiger charge is -2.36. The summed E-state index contributed by atoms with van der Waals surface area (Å²) in [4.78, 5) is 35.9. The van der Waals surface area contributed by atoms with E-state index in [1.165, 1.54) is 16.2 Å². The molecule has 0 saturated carbocycles. The number of nitrogens with zero attached hydrogens (tertiary/aromatic N) is 4. The minimum Gasteiger partial charge on any atom is -0.497 e. The Morgan fingerprint density at radius 2 is 1.86 bits per heavy atom. The van der Waals surface area contributed by atoms with Gasteiger partial charge in [0.1, 0.15) is 21.5 Å². The number of thioether (sulfide) groups is 1. The zero-order valence-corrected chi connectivity index (χ0v) is 22.6. The molecule has 2 saturated heterocycles. The quantitative estimate of drug-likeness (QED) is 0.348. The van der Waals surface area contributed by atoms with Crippen molar-refractivity contribution in [2.24, 2.45) is 0 Å². The molecule has 0 bridgehead atoms. The van der Waals surface area contributed by atoms with Gasteiger partial charge in [-0.25, -0.2) is 4.98 Å². The van der Waals surface area contributed by atoms with Gasteiger partial charge >= 0.3 is 0 Å². The van der Waals surface area contributed by atoms with Gasteiger partial charge in [0, 0.05) is 25.8 Å². The van der Waals surface area contributed by atoms with Gasteiger partial charge in [-0.1, -0.05) is 42.2 Å². The van der Waals surface area contributed by atoms with Crippen molar-refractivity contribution in [1.29, 1.82) is 0 Å². The summed E-state index contributed by atoms with van der Waals surface area (Å²) < 4.78 is 13.1. The third-order valence-electron chi connectivity index (χ3n) is 6.40. The molecule has 8 nitrogen and oxygen atoms in total. The van der Waals surface area contributed by atoms with Gasteiger partial charge in [0.15, 0.2) is 0 Å². The third-order valence-corrected chi connectivity index (χ3v) is 7.78. The summed E-state index contributed by atoms with van der Waals surface area (Å²) in [6.07, 6.45) is 3.98. The molecule has 10 heteroatoms. The number of hydrogen-bond acceptors (Lipinski definition) is 8. The van der Waals surface area contributed by atoms with Crippen LogP contribution in [-0.4, -0.2) is 63.5 Å². The first-order valence-corrected chi connectivity index (χ1v) is 13.4. The predicted molar refractivity (Wildman–Crippen MR) is 150 cm³/mol. The van der Waals surface area contributed by atoms with Crippen LogP contribution in [0.15, 0.2) is 58.4 Å². The number of anilines is 1. The number of hydrogen-bond donors (Lipinski definition) is 0. The van der Waals surface area contributed by atoms with Gasteiger partial charge in [-0.2, -0.15) is 0 Å². The largest absolute Gasteiger partial charge is 0.497 e. The second-order valence-electron chi connectivity index (χ2n) is 9.18. The number of ether oxygens (including phenoxy) is 2. The van der Waals surface area contributed by atoms with E-state index in [0.717, 1.165) is 11.3 Å². The van der Waals surface area contributed by atoms with Gasteiger partial charge in [-0.05, 0) is 56.2 Å². The van der Waals surface area contributed by atoms with Crippen molar-refractivity contribution in [3.63, 3.8) is 0 Å². The van der Waals surface area contributed by atoms with Gasteiger partial charge < -0.3 is 14.4 Å². The van der Waals surface area contributed by atoms with E-state index >= 15 is 0 Å². The molecule has 0 radical (unpaired) electrons. The Morgan fingerprint density at radius 1 is 1.14 bits per heavy atom. The minimum atomic E-state index is -0.226. The highest BCUT2D eigenvalue weighted by Gasteiger charge is 2.33. The van der Waals surface area contributed by atoms with Gasteiger partial charge in [0.05, 0.1) is 29.8 Å².